The minimum absolute atomic E-state index is 0.0437. The minimum atomic E-state index is -0.901. The number of benzene rings is 2. The van der Waals surface area contributed by atoms with E-state index in [1.54, 1.807) is 42.5 Å². The van der Waals surface area contributed by atoms with Gasteiger partial charge in [0.2, 0.25) is 0 Å². The number of hydrogen-bond acceptors (Lipinski definition) is 4. The van der Waals surface area contributed by atoms with E-state index in [4.69, 9.17) is 16.3 Å². The first-order valence-corrected chi connectivity index (χ1v) is 10.3. The number of morpholine rings is 1. The van der Waals surface area contributed by atoms with Crippen molar-refractivity contribution in [3.8, 4) is 0 Å². The molecule has 166 valence electrons. The number of nitrogens with zero attached hydrogens (tertiary/aromatic N) is 2. The average molecular weight is 459 g/mol. The van der Waals surface area contributed by atoms with E-state index in [0.717, 1.165) is 0 Å². The molecule has 10 heteroatoms. The molecule has 2 aromatic rings. The average Bonchev–Trinajstić information content (AvgIpc) is 3.27. The molecule has 0 aromatic heterocycles. The first kappa shape index (κ1) is 21.8. The molecule has 0 spiro atoms. The molecule has 2 aliphatic rings. The molecule has 0 unspecified atom stereocenters. The van der Waals surface area contributed by atoms with Crippen LogP contribution < -0.4 is 15.5 Å². The summed E-state index contributed by atoms with van der Waals surface area (Å²) in [5.74, 6) is -1.50. The first-order valence-electron chi connectivity index (χ1n) is 9.91. The van der Waals surface area contributed by atoms with Gasteiger partial charge in [-0.1, -0.05) is 23.8 Å². The maximum absolute atomic E-state index is 14.6. The maximum atomic E-state index is 14.6. The van der Waals surface area contributed by atoms with E-state index in [-0.39, 0.29) is 24.7 Å². The standard InChI is InChI=1S/C22H20ClFN4O4/c23-14-3-5-15(6-4-14)25-22(31)28-9-1-2-19(28)21(30)26-18-8-7-16(12-17(18)24)27-10-11-32-13-20(27)29/h1-8,12,19H,9-11,13H2,(H,25,31)(H,26,30)/t19-/m1/s1. The molecule has 2 N–H and O–H groups in total. The molecule has 2 aliphatic heterocycles. The number of amides is 4. The van der Waals surface area contributed by atoms with Crippen LogP contribution >= 0.6 is 11.6 Å². The monoisotopic (exact) mass is 458 g/mol. The van der Waals surface area contributed by atoms with Crippen molar-refractivity contribution in [1.29, 1.82) is 0 Å². The van der Waals surface area contributed by atoms with Crippen LogP contribution in [0.15, 0.2) is 54.6 Å². The zero-order valence-electron chi connectivity index (χ0n) is 16.9. The van der Waals surface area contributed by atoms with Crippen molar-refractivity contribution in [1.82, 2.24) is 4.90 Å². The first-order chi connectivity index (χ1) is 15.4. The summed E-state index contributed by atoms with van der Waals surface area (Å²) in [5, 5.41) is 5.76. The number of rotatable bonds is 4. The van der Waals surface area contributed by atoms with Gasteiger partial charge in [0.25, 0.3) is 11.8 Å². The number of carbonyl (C=O) groups is 3. The Morgan fingerprint density at radius 3 is 2.62 bits per heavy atom. The van der Waals surface area contributed by atoms with Crippen LogP contribution in [0, 0.1) is 5.82 Å². The molecule has 1 atom stereocenters. The highest BCUT2D eigenvalue weighted by Crippen LogP contribution is 2.24. The van der Waals surface area contributed by atoms with Crippen LogP contribution in [0.3, 0.4) is 0 Å². The molecule has 1 fully saturated rings. The van der Waals surface area contributed by atoms with Crippen LogP contribution in [0.25, 0.3) is 0 Å². The summed E-state index contributed by atoms with van der Waals surface area (Å²) in [5.41, 5.74) is 0.876. The van der Waals surface area contributed by atoms with E-state index in [1.165, 1.54) is 21.9 Å². The molecule has 2 heterocycles. The maximum Gasteiger partial charge on any atom is 0.323 e. The van der Waals surface area contributed by atoms with Gasteiger partial charge in [-0.15, -0.1) is 0 Å². The third kappa shape index (κ3) is 4.74. The Bertz CT molecular complexity index is 1080. The second kappa shape index (κ2) is 9.37. The summed E-state index contributed by atoms with van der Waals surface area (Å²) < 4.78 is 19.7. The Balaban J connectivity index is 1.42. The number of carbonyl (C=O) groups excluding carboxylic acids is 3. The van der Waals surface area contributed by atoms with Gasteiger partial charge in [0.1, 0.15) is 18.5 Å². The SMILES string of the molecule is O=C(Nc1ccc(N2CCOCC2=O)cc1F)[C@H]1C=CCN1C(=O)Nc1ccc(Cl)cc1. The quantitative estimate of drug-likeness (QED) is 0.688. The van der Waals surface area contributed by atoms with Gasteiger partial charge in [-0.05, 0) is 42.5 Å². The van der Waals surface area contributed by atoms with Crippen molar-refractivity contribution in [3.05, 3.63) is 65.5 Å². The number of ether oxygens (including phenoxy) is 1. The van der Waals surface area contributed by atoms with E-state index in [2.05, 4.69) is 10.6 Å². The Labute approximate surface area is 188 Å². The van der Waals surface area contributed by atoms with E-state index in [0.29, 0.717) is 29.5 Å². The molecule has 8 nitrogen and oxygen atoms in total. The summed E-state index contributed by atoms with van der Waals surface area (Å²) in [6, 6.07) is 9.33. The Morgan fingerprint density at radius 1 is 1.12 bits per heavy atom. The number of urea groups is 1. The highest BCUT2D eigenvalue weighted by Gasteiger charge is 2.31. The second-order valence-corrected chi connectivity index (χ2v) is 7.65. The van der Waals surface area contributed by atoms with E-state index >= 15 is 0 Å². The van der Waals surface area contributed by atoms with Crippen LogP contribution in [0.5, 0.6) is 0 Å². The van der Waals surface area contributed by atoms with Crippen molar-refractivity contribution in [2.24, 2.45) is 0 Å². The molecular formula is C22H20ClFN4O4. The van der Waals surface area contributed by atoms with Crippen molar-refractivity contribution in [3.63, 3.8) is 0 Å². The predicted octanol–water partition coefficient (Wildman–Crippen LogP) is 3.25. The fourth-order valence-corrected chi connectivity index (χ4v) is 3.58. The molecule has 0 aliphatic carbocycles. The predicted molar refractivity (Wildman–Crippen MR) is 118 cm³/mol. The molecular weight excluding hydrogens is 439 g/mol. The zero-order valence-corrected chi connectivity index (χ0v) is 17.6. The zero-order chi connectivity index (χ0) is 22.7. The van der Waals surface area contributed by atoms with Crippen LogP contribution in [0.1, 0.15) is 0 Å². The van der Waals surface area contributed by atoms with Gasteiger partial charge in [-0.2, -0.15) is 0 Å². The van der Waals surface area contributed by atoms with Crippen LogP contribution in [0.2, 0.25) is 5.02 Å². The lowest BCUT2D eigenvalue weighted by Gasteiger charge is -2.27. The largest absolute Gasteiger partial charge is 0.370 e. The van der Waals surface area contributed by atoms with Crippen LogP contribution in [-0.2, 0) is 14.3 Å². The van der Waals surface area contributed by atoms with Crippen molar-refractivity contribution < 1.29 is 23.5 Å². The van der Waals surface area contributed by atoms with Gasteiger partial charge in [0, 0.05) is 29.5 Å². The molecule has 1 saturated heterocycles. The number of halogens is 2. The summed E-state index contributed by atoms with van der Waals surface area (Å²) >= 11 is 5.85. The van der Waals surface area contributed by atoms with Crippen LogP contribution in [0.4, 0.5) is 26.2 Å². The Hall–Kier alpha value is -3.43. The van der Waals surface area contributed by atoms with Gasteiger partial charge in [0.05, 0.1) is 12.3 Å². The number of anilines is 3. The van der Waals surface area contributed by atoms with Crippen molar-refractivity contribution in [2.75, 3.05) is 41.8 Å². The van der Waals surface area contributed by atoms with Crippen molar-refractivity contribution >= 4 is 46.5 Å². The summed E-state index contributed by atoms with van der Waals surface area (Å²) in [4.78, 5) is 40.1. The third-order valence-corrected chi connectivity index (χ3v) is 5.34. The molecule has 4 amide bonds. The normalized spacial score (nSPS) is 18.1. The van der Waals surface area contributed by atoms with Crippen molar-refractivity contribution in [2.45, 2.75) is 6.04 Å². The molecule has 0 saturated carbocycles. The van der Waals surface area contributed by atoms with Crippen LogP contribution in [-0.4, -0.2) is 55.1 Å². The lowest BCUT2D eigenvalue weighted by molar-refractivity contribution is -0.125. The lowest BCUT2D eigenvalue weighted by atomic mass is 10.2. The fraction of sp³-hybridized carbons (Fsp3) is 0.227. The van der Waals surface area contributed by atoms with Gasteiger partial charge >= 0.3 is 6.03 Å². The summed E-state index contributed by atoms with van der Waals surface area (Å²) in [7, 11) is 0. The third-order valence-electron chi connectivity index (χ3n) is 5.09. The molecule has 0 radical (unpaired) electrons. The second-order valence-electron chi connectivity index (χ2n) is 7.21. The Morgan fingerprint density at radius 2 is 1.91 bits per heavy atom. The minimum Gasteiger partial charge on any atom is -0.370 e. The van der Waals surface area contributed by atoms with E-state index in [9.17, 15) is 18.8 Å². The number of hydrogen-bond donors (Lipinski definition) is 2. The fourth-order valence-electron chi connectivity index (χ4n) is 3.46. The molecule has 4 rings (SSSR count). The highest BCUT2D eigenvalue weighted by molar-refractivity contribution is 6.30. The van der Waals surface area contributed by atoms with Gasteiger partial charge in [0.15, 0.2) is 0 Å². The highest BCUT2D eigenvalue weighted by atomic mass is 35.5. The summed E-state index contributed by atoms with van der Waals surface area (Å²) in [6.07, 6.45) is 3.27. The van der Waals surface area contributed by atoms with Gasteiger partial charge in [-0.25, -0.2) is 9.18 Å². The molecule has 32 heavy (non-hydrogen) atoms. The van der Waals surface area contributed by atoms with Gasteiger partial charge in [-0.3, -0.25) is 9.59 Å². The molecule has 2 aromatic carbocycles. The Kier molecular flexibility index (Phi) is 6.38. The lowest BCUT2D eigenvalue weighted by Crippen LogP contribution is -2.45. The number of nitrogens with one attached hydrogen (secondary N) is 2. The molecule has 0 bridgehead atoms. The topological polar surface area (TPSA) is 91.0 Å². The smallest absolute Gasteiger partial charge is 0.323 e. The van der Waals surface area contributed by atoms with E-state index in [1.807, 2.05) is 0 Å². The van der Waals surface area contributed by atoms with E-state index < -0.39 is 23.8 Å². The van der Waals surface area contributed by atoms with Gasteiger partial charge < -0.3 is 25.2 Å². The summed E-state index contributed by atoms with van der Waals surface area (Å²) in [6.45, 7) is 0.877.